The summed E-state index contributed by atoms with van der Waals surface area (Å²) in [5.74, 6) is 1.06. The van der Waals surface area contributed by atoms with E-state index in [1.165, 1.54) is 17.7 Å². The standard InChI is InChI=1S/C18H22FN3O.HI/c1-23-17-8-4-15(5-9-17)11-13-22-18(20)21-12-10-14-2-6-16(19)7-3-14;/h2-9H,10-13H2,1H3,(H3,20,21,22);1H. The van der Waals surface area contributed by atoms with Gasteiger partial charge in [-0.2, -0.15) is 0 Å². The van der Waals surface area contributed by atoms with Crippen molar-refractivity contribution in [3.8, 4) is 5.75 Å². The first-order chi connectivity index (χ1) is 11.2. The van der Waals surface area contributed by atoms with E-state index in [4.69, 9.17) is 10.5 Å². The number of hydrogen-bond donors (Lipinski definition) is 2. The maximum Gasteiger partial charge on any atom is 0.188 e. The van der Waals surface area contributed by atoms with Crippen molar-refractivity contribution in [3.63, 3.8) is 0 Å². The smallest absolute Gasteiger partial charge is 0.188 e. The van der Waals surface area contributed by atoms with E-state index < -0.39 is 0 Å². The summed E-state index contributed by atoms with van der Waals surface area (Å²) in [5, 5.41) is 3.09. The van der Waals surface area contributed by atoms with Gasteiger partial charge in [-0.15, -0.1) is 24.0 Å². The second-order valence-electron chi connectivity index (χ2n) is 5.17. The molecule has 24 heavy (non-hydrogen) atoms. The molecule has 0 unspecified atom stereocenters. The Morgan fingerprint density at radius 3 is 2.25 bits per heavy atom. The van der Waals surface area contributed by atoms with Crippen molar-refractivity contribution in [2.75, 3.05) is 20.2 Å². The van der Waals surface area contributed by atoms with E-state index in [-0.39, 0.29) is 29.8 Å². The molecule has 0 atom stereocenters. The number of nitrogens with two attached hydrogens (primary N) is 1. The summed E-state index contributed by atoms with van der Waals surface area (Å²) < 4.78 is 17.9. The summed E-state index contributed by atoms with van der Waals surface area (Å²) in [6.07, 6.45) is 1.60. The van der Waals surface area contributed by atoms with Crippen molar-refractivity contribution < 1.29 is 9.13 Å². The number of nitrogens with one attached hydrogen (secondary N) is 1. The largest absolute Gasteiger partial charge is 0.497 e. The van der Waals surface area contributed by atoms with Crippen molar-refractivity contribution >= 4 is 29.9 Å². The Kier molecular flexibility index (Phi) is 9.14. The number of methoxy groups -OCH3 is 1. The summed E-state index contributed by atoms with van der Waals surface area (Å²) in [6, 6.07) is 14.4. The molecule has 0 spiro atoms. The molecule has 3 N–H and O–H groups in total. The maximum absolute atomic E-state index is 12.8. The van der Waals surface area contributed by atoms with Gasteiger partial charge in [-0.25, -0.2) is 4.39 Å². The van der Waals surface area contributed by atoms with E-state index in [0.29, 0.717) is 12.5 Å². The highest BCUT2D eigenvalue weighted by molar-refractivity contribution is 14.0. The average molecular weight is 443 g/mol. The van der Waals surface area contributed by atoms with Crippen LogP contribution >= 0.6 is 24.0 Å². The highest BCUT2D eigenvalue weighted by atomic mass is 127. The average Bonchev–Trinajstić information content (AvgIpc) is 2.57. The quantitative estimate of drug-likeness (QED) is 0.393. The Labute approximate surface area is 159 Å². The second kappa shape index (κ2) is 10.9. The topological polar surface area (TPSA) is 59.6 Å². The van der Waals surface area contributed by atoms with E-state index in [1.54, 1.807) is 19.2 Å². The van der Waals surface area contributed by atoms with Gasteiger partial charge in [-0.1, -0.05) is 24.3 Å². The molecule has 0 saturated carbocycles. The third kappa shape index (κ3) is 7.16. The highest BCUT2D eigenvalue weighted by Crippen LogP contribution is 2.11. The van der Waals surface area contributed by atoms with Gasteiger partial charge in [-0.3, -0.25) is 4.99 Å². The number of nitrogens with zero attached hydrogens (tertiary/aromatic N) is 1. The van der Waals surface area contributed by atoms with Crippen molar-refractivity contribution in [1.29, 1.82) is 0 Å². The van der Waals surface area contributed by atoms with Crippen LogP contribution in [0.2, 0.25) is 0 Å². The van der Waals surface area contributed by atoms with Crippen LogP contribution in [0, 0.1) is 5.82 Å². The monoisotopic (exact) mass is 443 g/mol. The third-order valence-electron chi connectivity index (χ3n) is 3.47. The fourth-order valence-corrected chi connectivity index (χ4v) is 2.14. The van der Waals surface area contributed by atoms with Gasteiger partial charge < -0.3 is 15.8 Å². The van der Waals surface area contributed by atoms with Gasteiger partial charge in [0.05, 0.1) is 7.11 Å². The minimum absolute atomic E-state index is 0. The van der Waals surface area contributed by atoms with Crippen molar-refractivity contribution in [2.24, 2.45) is 10.7 Å². The lowest BCUT2D eigenvalue weighted by molar-refractivity contribution is 0.414. The SMILES string of the molecule is COc1ccc(CCNC(N)=NCCc2ccc(F)cc2)cc1.I. The Bertz CT molecular complexity index is 630. The third-order valence-corrected chi connectivity index (χ3v) is 3.47. The van der Waals surface area contributed by atoms with Crippen LogP contribution in [0.1, 0.15) is 11.1 Å². The van der Waals surface area contributed by atoms with Crippen molar-refractivity contribution in [3.05, 3.63) is 65.5 Å². The zero-order valence-corrected chi connectivity index (χ0v) is 16.0. The number of rotatable bonds is 7. The minimum atomic E-state index is -0.225. The van der Waals surface area contributed by atoms with Crippen LogP contribution in [0.3, 0.4) is 0 Å². The van der Waals surface area contributed by atoms with Crippen LogP contribution in [0.5, 0.6) is 5.75 Å². The lowest BCUT2D eigenvalue weighted by Crippen LogP contribution is -2.33. The van der Waals surface area contributed by atoms with E-state index in [1.807, 2.05) is 24.3 Å². The molecule has 0 heterocycles. The molecular formula is C18H23FIN3O. The van der Waals surface area contributed by atoms with E-state index in [0.717, 1.165) is 30.7 Å². The summed E-state index contributed by atoms with van der Waals surface area (Å²) in [5.41, 5.74) is 8.08. The molecule has 2 aromatic rings. The molecule has 0 aliphatic carbocycles. The second-order valence-corrected chi connectivity index (χ2v) is 5.17. The molecule has 0 saturated heterocycles. The Morgan fingerprint density at radius 2 is 1.62 bits per heavy atom. The molecule has 0 radical (unpaired) electrons. The molecule has 0 bridgehead atoms. The van der Waals surface area contributed by atoms with Gasteiger partial charge in [-0.05, 0) is 48.2 Å². The molecule has 0 aliphatic rings. The predicted molar refractivity (Wildman–Crippen MR) is 107 cm³/mol. The van der Waals surface area contributed by atoms with Crippen LogP contribution < -0.4 is 15.8 Å². The molecule has 4 nitrogen and oxygen atoms in total. The Balaban J connectivity index is 0.00000288. The summed E-state index contributed by atoms with van der Waals surface area (Å²) in [4.78, 5) is 4.27. The molecule has 0 fully saturated rings. The van der Waals surface area contributed by atoms with Gasteiger partial charge in [0.25, 0.3) is 0 Å². The molecule has 2 rings (SSSR count). The van der Waals surface area contributed by atoms with Crippen molar-refractivity contribution in [1.82, 2.24) is 5.32 Å². The van der Waals surface area contributed by atoms with E-state index >= 15 is 0 Å². The Hall–Kier alpha value is -1.83. The normalized spacial score (nSPS) is 10.8. The number of hydrogen-bond acceptors (Lipinski definition) is 2. The molecular weight excluding hydrogens is 420 g/mol. The first kappa shape index (κ1) is 20.2. The number of halogens is 2. The first-order valence-electron chi connectivity index (χ1n) is 7.58. The van der Waals surface area contributed by atoms with Crippen molar-refractivity contribution in [2.45, 2.75) is 12.8 Å². The molecule has 0 aliphatic heterocycles. The van der Waals surface area contributed by atoms with E-state index in [2.05, 4.69) is 10.3 Å². The lowest BCUT2D eigenvalue weighted by atomic mass is 10.1. The number of ether oxygens (including phenoxy) is 1. The molecule has 0 aromatic heterocycles. The van der Waals surface area contributed by atoms with E-state index in [9.17, 15) is 4.39 Å². The highest BCUT2D eigenvalue weighted by Gasteiger charge is 1.97. The number of benzene rings is 2. The summed E-state index contributed by atoms with van der Waals surface area (Å²) in [6.45, 7) is 1.30. The number of guanidine groups is 1. The van der Waals surface area contributed by atoms with Crippen LogP contribution in [-0.4, -0.2) is 26.2 Å². The van der Waals surface area contributed by atoms with Gasteiger partial charge in [0.1, 0.15) is 11.6 Å². The van der Waals surface area contributed by atoms with Gasteiger partial charge in [0, 0.05) is 13.1 Å². The zero-order chi connectivity index (χ0) is 16.5. The predicted octanol–water partition coefficient (Wildman–Crippen LogP) is 3.14. The maximum atomic E-state index is 12.8. The summed E-state index contributed by atoms with van der Waals surface area (Å²) >= 11 is 0. The first-order valence-corrected chi connectivity index (χ1v) is 7.58. The molecule has 6 heteroatoms. The molecule has 2 aromatic carbocycles. The molecule has 0 amide bonds. The van der Waals surface area contributed by atoms with Crippen LogP contribution in [0.15, 0.2) is 53.5 Å². The molecule has 130 valence electrons. The van der Waals surface area contributed by atoms with Gasteiger partial charge in [0.2, 0.25) is 0 Å². The van der Waals surface area contributed by atoms with Crippen LogP contribution in [0.4, 0.5) is 4.39 Å². The summed E-state index contributed by atoms with van der Waals surface area (Å²) in [7, 11) is 1.65. The fourth-order valence-electron chi connectivity index (χ4n) is 2.14. The van der Waals surface area contributed by atoms with Crippen LogP contribution in [0.25, 0.3) is 0 Å². The van der Waals surface area contributed by atoms with Gasteiger partial charge in [0.15, 0.2) is 5.96 Å². The minimum Gasteiger partial charge on any atom is -0.497 e. The van der Waals surface area contributed by atoms with Gasteiger partial charge >= 0.3 is 0 Å². The lowest BCUT2D eigenvalue weighted by Gasteiger charge is -2.07. The number of aliphatic imine (C=N–C) groups is 1. The Morgan fingerprint density at radius 1 is 1.04 bits per heavy atom. The zero-order valence-electron chi connectivity index (χ0n) is 13.7. The fraction of sp³-hybridized carbons (Fsp3) is 0.278. The van der Waals surface area contributed by atoms with Crippen LogP contribution in [-0.2, 0) is 12.8 Å².